The number of halogens is 1. The third-order valence-electron chi connectivity index (χ3n) is 4.06. The molecule has 0 saturated carbocycles. The van der Waals surface area contributed by atoms with E-state index in [1.807, 2.05) is 31.2 Å². The van der Waals surface area contributed by atoms with E-state index in [0.717, 1.165) is 16.1 Å². The highest BCUT2D eigenvalue weighted by atomic mass is 35.5. The number of hydrogen-bond donors (Lipinski definition) is 2. The van der Waals surface area contributed by atoms with Crippen LogP contribution >= 0.6 is 22.9 Å². The normalized spacial score (nSPS) is 11.4. The van der Waals surface area contributed by atoms with Gasteiger partial charge in [-0.2, -0.15) is 0 Å². The van der Waals surface area contributed by atoms with Crippen LogP contribution in [0, 0.1) is 6.92 Å². The third kappa shape index (κ3) is 5.17. The number of benzene rings is 2. The fourth-order valence-corrected chi connectivity index (χ4v) is 4.33. The summed E-state index contributed by atoms with van der Waals surface area (Å²) < 4.78 is 22.6. The predicted molar refractivity (Wildman–Crippen MR) is 111 cm³/mol. The number of primary sulfonamides is 1. The van der Waals surface area contributed by atoms with Crippen molar-refractivity contribution < 1.29 is 13.2 Å². The fourth-order valence-electron chi connectivity index (χ4n) is 2.61. The summed E-state index contributed by atoms with van der Waals surface area (Å²) in [6.07, 6.45) is 0.747. The molecule has 1 amide bonds. The number of sulfonamides is 1. The second kappa shape index (κ2) is 8.40. The quantitative estimate of drug-likeness (QED) is 0.618. The Kier molecular flexibility index (Phi) is 6.14. The molecule has 3 aromatic rings. The smallest absolute Gasteiger partial charge is 0.238 e. The lowest BCUT2D eigenvalue weighted by Gasteiger charge is -2.03. The molecule has 0 aliphatic heterocycles. The van der Waals surface area contributed by atoms with Gasteiger partial charge in [0.15, 0.2) is 5.13 Å². The maximum atomic E-state index is 12.3. The average molecular weight is 436 g/mol. The summed E-state index contributed by atoms with van der Waals surface area (Å²) in [4.78, 5) is 17.7. The van der Waals surface area contributed by atoms with Crippen LogP contribution in [0.4, 0.5) is 5.13 Å². The van der Waals surface area contributed by atoms with Crippen molar-refractivity contribution >= 4 is 44.0 Å². The lowest BCUT2D eigenvalue weighted by atomic mass is 10.1. The van der Waals surface area contributed by atoms with E-state index in [2.05, 4.69) is 10.3 Å². The highest BCUT2D eigenvalue weighted by Gasteiger charge is 2.13. The van der Waals surface area contributed by atoms with E-state index >= 15 is 0 Å². The van der Waals surface area contributed by atoms with Crippen molar-refractivity contribution in [3.8, 4) is 0 Å². The second-order valence-corrected chi connectivity index (χ2v) is 9.26. The molecule has 146 valence electrons. The van der Waals surface area contributed by atoms with Gasteiger partial charge in [0.1, 0.15) is 0 Å². The van der Waals surface area contributed by atoms with E-state index in [-0.39, 0.29) is 17.2 Å². The largest absolute Gasteiger partial charge is 0.302 e. The van der Waals surface area contributed by atoms with Gasteiger partial charge in [-0.1, -0.05) is 41.9 Å². The monoisotopic (exact) mass is 435 g/mol. The van der Waals surface area contributed by atoms with Crippen LogP contribution in [0.15, 0.2) is 53.4 Å². The van der Waals surface area contributed by atoms with E-state index in [0.29, 0.717) is 22.1 Å². The van der Waals surface area contributed by atoms with Gasteiger partial charge in [-0.05, 0) is 36.2 Å². The van der Waals surface area contributed by atoms with Crippen molar-refractivity contribution in [3.63, 3.8) is 0 Å². The van der Waals surface area contributed by atoms with Gasteiger partial charge in [-0.3, -0.25) is 4.79 Å². The standard InChI is InChI=1S/C19H18ClN3O3S2/c1-12-17(11-14-4-2-3-5-16(14)20)27-19(22-12)23-18(24)10-13-6-8-15(9-7-13)28(21,25)26/h2-9H,10-11H2,1H3,(H2,21,25,26)(H,22,23,24). The maximum Gasteiger partial charge on any atom is 0.238 e. The van der Waals surface area contributed by atoms with Crippen LogP contribution in [-0.4, -0.2) is 19.3 Å². The van der Waals surface area contributed by atoms with Gasteiger partial charge in [0, 0.05) is 16.3 Å². The number of carbonyl (C=O) groups is 1. The highest BCUT2D eigenvalue weighted by Crippen LogP contribution is 2.27. The Bertz CT molecular complexity index is 1110. The Morgan fingerprint density at radius 1 is 1.18 bits per heavy atom. The Labute approximate surface area is 172 Å². The molecule has 0 saturated heterocycles. The average Bonchev–Trinajstić information content (AvgIpc) is 2.95. The minimum atomic E-state index is -3.75. The first-order chi connectivity index (χ1) is 13.2. The molecule has 0 spiro atoms. The number of nitrogens with zero attached hydrogens (tertiary/aromatic N) is 1. The summed E-state index contributed by atoms with van der Waals surface area (Å²) in [5, 5.41) is 9.08. The number of rotatable bonds is 6. The minimum absolute atomic E-state index is 0.0106. The molecule has 1 heterocycles. The van der Waals surface area contributed by atoms with Crippen molar-refractivity contribution in [3.05, 3.63) is 75.3 Å². The number of nitrogens with two attached hydrogens (primary N) is 1. The number of nitrogens with one attached hydrogen (secondary N) is 1. The Morgan fingerprint density at radius 3 is 2.50 bits per heavy atom. The minimum Gasteiger partial charge on any atom is -0.302 e. The number of thiazole rings is 1. The van der Waals surface area contributed by atoms with Crippen LogP contribution in [0.25, 0.3) is 0 Å². The van der Waals surface area contributed by atoms with Crippen molar-refractivity contribution in [1.82, 2.24) is 4.98 Å². The van der Waals surface area contributed by atoms with E-state index in [1.54, 1.807) is 12.1 Å². The zero-order valence-electron chi connectivity index (χ0n) is 15.0. The molecule has 0 aliphatic carbocycles. The molecule has 0 aliphatic rings. The lowest BCUT2D eigenvalue weighted by Crippen LogP contribution is -2.15. The molecule has 9 heteroatoms. The molecule has 0 radical (unpaired) electrons. The highest BCUT2D eigenvalue weighted by molar-refractivity contribution is 7.89. The Balaban J connectivity index is 1.65. The van der Waals surface area contributed by atoms with Crippen LogP contribution < -0.4 is 10.5 Å². The predicted octanol–water partition coefficient (Wildman–Crippen LogP) is 3.52. The zero-order valence-corrected chi connectivity index (χ0v) is 17.4. The first-order valence-electron chi connectivity index (χ1n) is 8.33. The number of aryl methyl sites for hydroxylation is 1. The van der Waals surface area contributed by atoms with Crippen LogP contribution in [0.3, 0.4) is 0 Å². The van der Waals surface area contributed by atoms with Gasteiger partial charge in [0.05, 0.1) is 17.0 Å². The van der Waals surface area contributed by atoms with Crippen LogP contribution in [0.5, 0.6) is 0 Å². The van der Waals surface area contributed by atoms with Crippen molar-refractivity contribution in [2.45, 2.75) is 24.7 Å². The van der Waals surface area contributed by atoms with Crippen LogP contribution in [0.1, 0.15) is 21.7 Å². The first kappa shape index (κ1) is 20.5. The number of hydrogen-bond acceptors (Lipinski definition) is 5. The van der Waals surface area contributed by atoms with Crippen molar-refractivity contribution in [2.75, 3.05) is 5.32 Å². The Morgan fingerprint density at radius 2 is 1.86 bits per heavy atom. The first-order valence-corrected chi connectivity index (χ1v) is 11.1. The summed E-state index contributed by atoms with van der Waals surface area (Å²) >= 11 is 7.63. The molecular weight excluding hydrogens is 418 g/mol. The molecular formula is C19H18ClN3O3S2. The molecule has 0 atom stereocenters. The maximum absolute atomic E-state index is 12.3. The van der Waals surface area contributed by atoms with Gasteiger partial charge in [0.25, 0.3) is 0 Å². The van der Waals surface area contributed by atoms with Gasteiger partial charge in [0.2, 0.25) is 15.9 Å². The summed E-state index contributed by atoms with van der Waals surface area (Å²) in [6.45, 7) is 1.89. The van der Waals surface area contributed by atoms with Gasteiger partial charge in [-0.25, -0.2) is 18.5 Å². The zero-order chi connectivity index (χ0) is 20.3. The second-order valence-electron chi connectivity index (χ2n) is 6.21. The number of aromatic nitrogens is 1. The van der Waals surface area contributed by atoms with E-state index < -0.39 is 10.0 Å². The van der Waals surface area contributed by atoms with Crippen LogP contribution in [-0.2, 0) is 27.7 Å². The third-order valence-corrected chi connectivity index (χ3v) is 6.44. The van der Waals surface area contributed by atoms with E-state index in [9.17, 15) is 13.2 Å². The topological polar surface area (TPSA) is 102 Å². The number of anilines is 1. The van der Waals surface area contributed by atoms with Crippen molar-refractivity contribution in [2.24, 2.45) is 5.14 Å². The van der Waals surface area contributed by atoms with E-state index in [4.69, 9.17) is 16.7 Å². The van der Waals surface area contributed by atoms with Gasteiger partial charge < -0.3 is 5.32 Å². The molecule has 0 fully saturated rings. The molecule has 0 unspecified atom stereocenters. The Hall–Kier alpha value is -2.26. The SMILES string of the molecule is Cc1nc(NC(=O)Cc2ccc(S(N)(=O)=O)cc2)sc1Cc1ccccc1Cl. The molecule has 3 N–H and O–H groups in total. The molecule has 28 heavy (non-hydrogen) atoms. The number of amides is 1. The molecule has 1 aromatic heterocycles. The molecule has 3 rings (SSSR count). The lowest BCUT2D eigenvalue weighted by molar-refractivity contribution is -0.115. The van der Waals surface area contributed by atoms with Gasteiger partial charge >= 0.3 is 0 Å². The summed E-state index contributed by atoms with van der Waals surface area (Å²) in [6, 6.07) is 13.5. The summed E-state index contributed by atoms with van der Waals surface area (Å²) in [7, 11) is -3.75. The molecule has 6 nitrogen and oxygen atoms in total. The fraction of sp³-hybridized carbons (Fsp3) is 0.158. The summed E-state index contributed by atoms with van der Waals surface area (Å²) in [5.41, 5.74) is 2.52. The molecule has 0 bridgehead atoms. The van der Waals surface area contributed by atoms with E-state index in [1.165, 1.54) is 23.5 Å². The van der Waals surface area contributed by atoms with Crippen LogP contribution in [0.2, 0.25) is 5.02 Å². The summed E-state index contributed by atoms with van der Waals surface area (Å²) in [5.74, 6) is -0.235. The van der Waals surface area contributed by atoms with Gasteiger partial charge in [-0.15, -0.1) is 11.3 Å². The van der Waals surface area contributed by atoms with Crippen molar-refractivity contribution in [1.29, 1.82) is 0 Å². The molecule has 2 aromatic carbocycles. The number of carbonyl (C=O) groups excluding carboxylic acids is 1.